The Labute approximate surface area is 127 Å². The van der Waals surface area contributed by atoms with Crippen LogP contribution in [0.2, 0.25) is 0 Å². The maximum atomic E-state index is 11.5. The van der Waals surface area contributed by atoms with Crippen LogP contribution in [0.1, 0.15) is 37.8 Å². The minimum Gasteiger partial charge on any atom is -0.389 e. The third-order valence-corrected chi connectivity index (χ3v) is 5.68. The number of rotatable bonds is 3. The lowest BCUT2D eigenvalue weighted by atomic mass is 9.64. The molecule has 2 atom stereocenters. The zero-order valence-corrected chi connectivity index (χ0v) is 13.1. The molecule has 3 nitrogen and oxygen atoms in total. The second-order valence-electron chi connectivity index (χ2n) is 7.25. The Bertz CT molecular complexity index is 489. The SMILES string of the molecule is CC(C)C1CC(O)(C2(CN)Cc3ccccc3C2)CCO1. The standard InChI is InChI=1S/C18H27NO2/c1-13(2)16-11-18(20,7-8-21-16)17(12-19)9-14-5-3-4-6-15(14)10-17/h3-6,13,16,20H,7-12,19H2,1-2H3. The van der Waals surface area contributed by atoms with Crippen LogP contribution in [-0.4, -0.2) is 30.0 Å². The third kappa shape index (κ3) is 2.41. The second kappa shape index (κ2) is 5.38. The fourth-order valence-electron chi connectivity index (χ4n) is 4.14. The summed E-state index contributed by atoms with van der Waals surface area (Å²) >= 11 is 0. The first kappa shape index (κ1) is 15.0. The summed E-state index contributed by atoms with van der Waals surface area (Å²) in [7, 11) is 0. The molecule has 0 aromatic heterocycles. The molecule has 1 heterocycles. The molecule has 1 aromatic rings. The number of ether oxygens (including phenoxy) is 1. The summed E-state index contributed by atoms with van der Waals surface area (Å²) in [6.07, 6.45) is 3.31. The molecule has 3 rings (SSSR count). The Balaban J connectivity index is 1.90. The summed E-state index contributed by atoms with van der Waals surface area (Å²) in [6, 6.07) is 8.51. The lowest BCUT2D eigenvalue weighted by molar-refractivity contribution is -0.172. The Morgan fingerprint density at radius 2 is 1.90 bits per heavy atom. The van der Waals surface area contributed by atoms with Crippen molar-refractivity contribution in [2.45, 2.75) is 51.2 Å². The van der Waals surface area contributed by atoms with Gasteiger partial charge in [-0.15, -0.1) is 0 Å². The quantitative estimate of drug-likeness (QED) is 0.897. The van der Waals surface area contributed by atoms with E-state index in [0.717, 1.165) is 12.8 Å². The molecule has 0 amide bonds. The van der Waals surface area contributed by atoms with Crippen LogP contribution in [0.4, 0.5) is 0 Å². The van der Waals surface area contributed by atoms with E-state index in [4.69, 9.17) is 10.5 Å². The number of hydrogen-bond acceptors (Lipinski definition) is 3. The van der Waals surface area contributed by atoms with Gasteiger partial charge in [-0.1, -0.05) is 38.1 Å². The third-order valence-electron chi connectivity index (χ3n) is 5.68. The molecule has 2 aliphatic rings. The predicted octanol–water partition coefficient (Wildman–Crippen LogP) is 2.30. The van der Waals surface area contributed by atoms with E-state index < -0.39 is 5.60 Å². The molecule has 1 fully saturated rings. The molecule has 3 N–H and O–H groups in total. The first-order valence-electron chi connectivity index (χ1n) is 8.10. The van der Waals surface area contributed by atoms with Crippen LogP contribution >= 0.6 is 0 Å². The van der Waals surface area contributed by atoms with Gasteiger partial charge in [-0.2, -0.15) is 0 Å². The summed E-state index contributed by atoms with van der Waals surface area (Å²) < 4.78 is 5.86. The van der Waals surface area contributed by atoms with Crippen molar-refractivity contribution in [2.24, 2.45) is 17.1 Å². The molecule has 0 radical (unpaired) electrons. The molecule has 0 spiro atoms. The molecule has 0 bridgehead atoms. The van der Waals surface area contributed by atoms with Gasteiger partial charge < -0.3 is 15.6 Å². The molecular formula is C18H27NO2. The molecule has 1 aliphatic heterocycles. The molecule has 3 heteroatoms. The van der Waals surface area contributed by atoms with Crippen molar-refractivity contribution in [2.75, 3.05) is 13.2 Å². The van der Waals surface area contributed by atoms with Crippen LogP contribution in [0.25, 0.3) is 0 Å². The maximum Gasteiger partial charge on any atom is 0.0768 e. The zero-order valence-electron chi connectivity index (χ0n) is 13.1. The van der Waals surface area contributed by atoms with Crippen LogP contribution in [0.15, 0.2) is 24.3 Å². The van der Waals surface area contributed by atoms with Crippen molar-refractivity contribution in [3.63, 3.8) is 0 Å². The highest BCUT2D eigenvalue weighted by Gasteiger charge is 2.54. The fourth-order valence-corrected chi connectivity index (χ4v) is 4.14. The highest BCUT2D eigenvalue weighted by molar-refractivity contribution is 5.36. The Kier molecular flexibility index (Phi) is 3.85. The van der Waals surface area contributed by atoms with Gasteiger partial charge in [0.05, 0.1) is 11.7 Å². The molecule has 21 heavy (non-hydrogen) atoms. The van der Waals surface area contributed by atoms with Crippen LogP contribution < -0.4 is 5.73 Å². The highest BCUT2D eigenvalue weighted by Crippen LogP contribution is 2.49. The number of aliphatic hydroxyl groups is 1. The molecule has 1 saturated heterocycles. The van der Waals surface area contributed by atoms with Gasteiger partial charge in [-0.05, 0) is 29.9 Å². The van der Waals surface area contributed by atoms with Gasteiger partial charge >= 0.3 is 0 Å². The van der Waals surface area contributed by atoms with Gasteiger partial charge in [-0.25, -0.2) is 0 Å². The zero-order chi connectivity index (χ0) is 15.1. The largest absolute Gasteiger partial charge is 0.389 e. The smallest absolute Gasteiger partial charge is 0.0768 e. The van der Waals surface area contributed by atoms with E-state index in [-0.39, 0.29) is 11.5 Å². The fraction of sp³-hybridized carbons (Fsp3) is 0.667. The minimum atomic E-state index is -0.714. The van der Waals surface area contributed by atoms with Crippen LogP contribution in [0, 0.1) is 11.3 Å². The van der Waals surface area contributed by atoms with E-state index in [1.54, 1.807) is 0 Å². The summed E-state index contributed by atoms with van der Waals surface area (Å²) in [5, 5.41) is 11.5. The summed E-state index contributed by atoms with van der Waals surface area (Å²) in [6.45, 7) is 5.49. The van der Waals surface area contributed by atoms with Gasteiger partial charge in [0, 0.05) is 31.4 Å². The minimum absolute atomic E-state index is 0.135. The lowest BCUT2D eigenvalue weighted by Crippen LogP contribution is -2.58. The van der Waals surface area contributed by atoms with E-state index in [0.29, 0.717) is 31.9 Å². The summed E-state index contributed by atoms with van der Waals surface area (Å²) in [5.74, 6) is 0.426. The van der Waals surface area contributed by atoms with E-state index in [9.17, 15) is 5.11 Å². The van der Waals surface area contributed by atoms with Crippen LogP contribution in [0.5, 0.6) is 0 Å². The van der Waals surface area contributed by atoms with Crippen molar-refractivity contribution in [1.29, 1.82) is 0 Å². The van der Waals surface area contributed by atoms with Gasteiger partial charge in [0.2, 0.25) is 0 Å². The van der Waals surface area contributed by atoms with Crippen molar-refractivity contribution in [3.05, 3.63) is 35.4 Å². The second-order valence-corrected chi connectivity index (χ2v) is 7.25. The molecular weight excluding hydrogens is 262 g/mol. The van der Waals surface area contributed by atoms with Crippen molar-refractivity contribution in [3.8, 4) is 0 Å². The average Bonchev–Trinajstić information content (AvgIpc) is 2.87. The first-order chi connectivity index (χ1) is 10.00. The number of hydrogen-bond donors (Lipinski definition) is 2. The summed E-state index contributed by atoms with van der Waals surface area (Å²) in [5.41, 5.74) is 7.94. The van der Waals surface area contributed by atoms with E-state index >= 15 is 0 Å². The Morgan fingerprint density at radius 1 is 1.29 bits per heavy atom. The normalized spacial score (nSPS) is 31.4. The van der Waals surface area contributed by atoms with E-state index in [1.807, 2.05) is 0 Å². The number of nitrogens with two attached hydrogens (primary N) is 1. The molecule has 0 saturated carbocycles. The monoisotopic (exact) mass is 289 g/mol. The number of fused-ring (bicyclic) bond motifs is 1. The molecule has 116 valence electrons. The topological polar surface area (TPSA) is 55.5 Å². The molecule has 2 unspecified atom stereocenters. The van der Waals surface area contributed by atoms with Crippen molar-refractivity contribution < 1.29 is 9.84 Å². The highest BCUT2D eigenvalue weighted by atomic mass is 16.5. The predicted molar refractivity (Wildman–Crippen MR) is 84.1 cm³/mol. The summed E-state index contributed by atoms with van der Waals surface area (Å²) in [4.78, 5) is 0. The average molecular weight is 289 g/mol. The first-order valence-corrected chi connectivity index (χ1v) is 8.10. The van der Waals surface area contributed by atoms with Crippen molar-refractivity contribution in [1.82, 2.24) is 0 Å². The van der Waals surface area contributed by atoms with Gasteiger partial charge in [-0.3, -0.25) is 0 Å². The molecule has 1 aromatic carbocycles. The number of benzene rings is 1. The van der Waals surface area contributed by atoms with Gasteiger partial charge in [0.15, 0.2) is 0 Å². The van der Waals surface area contributed by atoms with E-state index in [2.05, 4.69) is 38.1 Å². The Morgan fingerprint density at radius 3 is 2.43 bits per heavy atom. The van der Waals surface area contributed by atoms with E-state index in [1.165, 1.54) is 11.1 Å². The molecule has 1 aliphatic carbocycles. The van der Waals surface area contributed by atoms with Crippen molar-refractivity contribution >= 4 is 0 Å². The van der Waals surface area contributed by atoms with Gasteiger partial charge in [0.25, 0.3) is 0 Å². The van der Waals surface area contributed by atoms with Crippen LogP contribution in [0.3, 0.4) is 0 Å². The maximum absolute atomic E-state index is 11.5. The Hall–Kier alpha value is -0.900. The van der Waals surface area contributed by atoms with Crippen LogP contribution in [-0.2, 0) is 17.6 Å². The van der Waals surface area contributed by atoms with Gasteiger partial charge in [0.1, 0.15) is 0 Å². The lowest BCUT2D eigenvalue weighted by Gasteiger charge is -2.49.